The largest absolute Gasteiger partial charge is 0.488 e. The molecule has 1 saturated heterocycles. The number of amides is 2. The molecular formula is C21H22N4O5S. The number of likely N-dealkylation sites (tertiary alicyclic amines) is 1. The number of nitrogens with zero attached hydrogens (tertiary/aromatic N) is 4. The van der Waals surface area contributed by atoms with Crippen LogP contribution in [0, 0.1) is 0 Å². The SMILES string of the molecule is CN1C(=O)c2cc(N3CCOc4cc(C(=O)N5CCCCC5)cnc43)ccc2S1(=O)=O. The lowest BCUT2D eigenvalue weighted by Gasteiger charge is -2.31. The number of hydrogen-bond acceptors (Lipinski definition) is 7. The number of rotatable bonds is 2. The summed E-state index contributed by atoms with van der Waals surface area (Å²) in [6, 6.07) is 6.39. The van der Waals surface area contributed by atoms with E-state index in [0.29, 0.717) is 36.0 Å². The van der Waals surface area contributed by atoms with Crippen molar-refractivity contribution in [1.82, 2.24) is 14.2 Å². The minimum Gasteiger partial charge on any atom is -0.488 e. The number of aromatic nitrogens is 1. The quantitative estimate of drug-likeness (QED) is 0.701. The van der Waals surface area contributed by atoms with E-state index in [9.17, 15) is 18.0 Å². The lowest BCUT2D eigenvalue weighted by molar-refractivity contribution is 0.0723. The van der Waals surface area contributed by atoms with Crippen molar-refractivity contribution >= 4 is 33.3 Å². The van der Waals surface area contributed by atoms with E-state index in [2.05, 4.69) is 4.98 Å². The van der Waals surface area contributed by atoms with Crippen molar-refractivity contribution in [2.75, 3.05) is 38.2 Å². The molecular weight excluding hydrogens is 420 g/mol. The molecule has 3 aliphatic heterocycles. The monoisotopic (exact) mass is 442 g/mol. The van der Waals surface area contributed by atoms with Crippen LogP contribution in [-0.2, 0) is 10.0 Å². The zero-order valence-corrected chi connectivity index (χ0v) is 17.9. The van der Waals surface area contributed by atoms with Crippen molar-refractivity contribution in [2.45, 2.75) is 24.2 Å². The highest BCUT2D eigenvalue weighted by Gasteiger charge is 2.39. The van der Waals surface area contributed by atoms with Crippen LogP contribution in [0.25, 0.3) is 0 Å². The average Bonchev–Trinajstić information content (AvgIpc) is 2.98. The van der Waals surface area contributed by atoms with E-state index in [0.717, 1.165) is 36.7 Å². The van der Waals surface area contributed by atoms with Crippen molar-refractivity contribution in [3.05, 3.63) is 41.6 Å². The standard InChI is InChI=1S/C21H22N4O5S/c1-23-21(27)16-12-15(5-6-18(16)31(23,28)29)25-9-10-30-17-11-14(13-22-19(17)25)20(26)24-7-3-2-4-8-24/h5-6,11-13H,2-4,7-10H2,1H3. The Morgan fingerprint density at radius 1 is 1.10 bits per heavy atom. The van der Waals surface area contributed by atoms with E-state index in [1.165, 1.54) is 13.1 Å². The molecule has 0 unspecified atom stereocenters. The first-order valence-electron chi connectivity index (χ1n) is 10.2. The van der Waals surface area contributed by atoms with E-state index in [1.54, 1.807) is 24.4 Å². The van der Waals surface area contributed by atoms with Gasteiger partial charge < -0.3 is 14.5 Å². The molecule has 2 aromatic rings. The van der Waals surface area contributed by atoms with Gasteiger partial charge in [-0.3, -0.25) is 9.59 Å². The van der Waals surface area contributed by atoms with Gasteiger partial charge in [0.1, 0.15) is 11.5 Å². The molecule has 162 valence electrons. The molecule has 0 atom stereocenters. The molecule has 0 radical (unpaired) electrons. The molecule has 2 amide bonds. The first kappa shape index (κ1) is 19.8. The number of benzene rings is 1. The predicted molar refractivity (Wildman–Crippen MR) is 112 cm³/mol. The summed E-state index contributed by atoms with van der Waals surface area (Å²) in [6.07, 6.45) is 4.71. The van der Waals surface area contributed by atoms with E-state index in [4.69, 9.17) is 4.74 Å². The molecule has 4 heterocycles. The van der Waals surface area contributed by atoms with Crippen molar-refractivity contribution in [1.29, 1.82) is 0 Å². The number of piperidine rings is 1. The van der Waals surface area contributed by atoms with Gasteiger partial charge in [0, 0.05) is 32.0 Å². The van der Waals surface area contributed by atoms with E-state index < -0.39 is 15.9 Å². The highest BCUT2D eigenvalue weighted by Crippen LogP contribution is 2.38. The molecule has 10 heteroatoms. The van der Waals surface area contributed by atoms with Gasteiger partial charge in [-0.15, -0.1) is 0 Å². The van der Waals surface area contributed by atoms with E-state index >= 15 is 0 Å². The van der Waals surface area contributed by atoms with E-state index in [-0.39, 0.29) is 16.4 Å². The molecule has 0 aliphatic carbocycles. The molecule has 9 nitrogen and oxygen atoms in total. The van der Waals surface area contributed by atoms with Gasteiger partial charge in [-0.05, 0) is 43.5 Å². The number of sulfonamides is 1. The second-order valence-corrected chi connectivity index (χ2v) is 9.79. The van der Waals surface area contributed by atoms with Crippen LogP contribution in [0.2, 0.25) is 0 Å². The molecule has 0 spiro atoms. The van der Waals surface area contributed by atoms with Crippen LogP contribution >= 0.6 is 0 Å². The fourth-order valence-electron chi connectivity index (χ4n) is 4.25. The topological polar surface area (TPSA) is 100 Å². The molecule has 1 aromatic carbocycles. The summed E-state index contributed by atoms with van der Waals surface area (Å²) in [5.74, 6) is 0.418. The maximum atomic E-state index is 12.8. The summed E-state index contributed by atoms with van der Waals surface area (Å²) in [5, 5.41) is 0. The van der Waals surface area contributed by atoms with Crippen LogP contribution in [0.3, 0.4) is 0 Å². The van der Waals surface area contributed by atoms with Gasteiger partial charge in [0.15, 0.2) is 11.6 Å². The second-order valence-electron chi connectivity index (χ2n) is 7.86. The summed E-state index contributed by atoms with van der Waals surface area (Å²) in [5.41, 5.74) is 1.27. The first-order chi connectivity index (χ1) is 14.9. The number of fused-ring (bicyclic) bond motifs is 2. The Labute approximate surface area is 180 Å². The normalized spacial score (nSPS) is 19.6. The Balaban J connectivity index is 1.48. The smallest absolute Gasteiger partial charge is 0.268 e. The van der Waals surface area contributed by atoms with Crippen LogP contribution in [0.4, 0.5) is 11.5 Å². The first-order valence-corrected chi connectivity index (χ1v) is 11.7. The van der Waals surface area contributed by atoms with Gasteiger partial charge in [0.2, 0.25) is 0 Å². The lowest BCUT2D eigenvalue weighted by Crippen LogP contribution is -2.36. The highest BCUT2D eigenvalue weighted by atomic mass is 32.2. The maximum Gasteiger partial charge on any atom is 0.268 e. The summed E-state index contributed by atoms with van der Waals surface area (Å²) in [6.45, 7) is 2.36. The maximum absolute atomic E-state index is 12.8. The Kier molecular flexibility index (Phi) is 4.62. The van der Waals surface area contributed by atoms with Crippen molar-refractivity contribution in [3.63, 3.8) is 0 Å². The Morgan fingerprint density at radius 2 is 1.87 bits per heavy atom. The molecule has 5 rings (SSSR count). The molecule has 31 heavy (non-hydrogen) atoms. The molecule has 3 aliphatic rings. The third-order valence-corrected chi connectivity index (χ3v) is 7.78. The average molecular weight is 442 g/mol. The summed E-state index contributed by atoms with van der Waals surface area (Å²) >= 11 is 0. The summed E-state index contributed by atoms with van der Waals surface area (Å²) in [4.78, 5) is 33.4. The minimum absolute atomic E-state index is 0.00710. The number of carbonyl (C=O) groups excluding carboxylic acids is 2. The number of ether oxygens (including phenoxy) is 1. The fraction of sp³-hybridized carbons (Fsp3) is 0.381. The Hall–Kier alpha value is -3.14. The van der Waals surface area contributed by atoms with Crippen LogP contribution in [0.5, 0.6) is 5.75 Å². The minimum atomic E-state index is -3.78. The summed E-state index contributed by atoms with van der Waals surface area (Å²) in [7, 11) is -2.53. The zero-order valence-electron chi connectivity index (χ0n) is 17.1. The number of carbonyl (C=O) groups is 2. The van der Waals surface area contributed by atoms with Crippen LogP contribution < -0.4 is 9.64 Å². The summed E-state index contributed by atoms with van der Waals surface area (Å²) < 4.78 is 31.2. The lowest BCUT2D eigenvalue weighted by atomic mass is 10.1. The van der Waals surface area contributed by atoms with Gasteiger partial charge >= 0.3 is 0 Å². The fourth-order valence-corrected chi connectivity index (χ4v) is 5.53. The Bertz CT molecular complexity index is 1190. The van der Waals surface area contributed by atoms with Crippen LogP contribution in [0.15, 0.2) is 35.4 Å². The van der Waals surface area contributed by atoms with Gasteiger partial charge in [-0.1, -0.05) is 0 Å². The van der Waals surface area contributed by atoms with Gasteiger partial charge in [-0.2, -0.15) is 0 Å². The molecule has 0 saturated carbocycles. The molecule has 0 bridgehead atoms. The van der Waals surface area contributed by atoms with Gasteiger partial charge in [0.05, 0.1) is 17.7 Å². The van der Waals surface area contributed by atoms with Crippen molar-refractivity contribution < 1.29 is 22.7 Å². The number of hydrogen-bond donors (Lipinski definition) is 0. The van der Waals surface area contributed by atoms with Crippen molar-refractivity contribution in [3.8, 4) is 5.75 Å². The molecule has 1 fully saturated rings. The Morgan fingerprint density at radius 3 is 2.65 bits per heavy atom. The highest BCUT2D eigenvalue weighted by molar-refractivity contribution is 7.90. The number of pyridine rings is 1. The van der Waals surface area contributed by atoms with Crippen LogP contribution in [-0.4, -0.2) is 67.7 Å². The predicted octanol–water partition coefficient (Wildman–Crippen LogP) is 2.01. The third kappa shape index (κ3) is 3.13. The molecule has 1 aromatic heterocycles. The third-order valence-electron chi connectivity index (χ3n) is 5.98. The van der Waals surface area contributed by atoms with Gasteiger partial charge in [-0.25, -0.2) is 17.7 Å². The van der Waals surface area contributed by atoms with E-state index in [1.807, 2.05) is 9.80 Å². The number of anilines is 2. The van der Waals surface area contributed by atoms with Crippen LogP contribution in [0.1, 0.15) is 40.0 Å². The molecule has 0 N–H and O–H groups in total. The second kappa shape index (κ2) is 7.23. The zero-order chi connectivity index (χ0) is 21.8. The van der Waals surface area contributed by atoms with Crippen molar-refractivity contribution in [2.24, 2.45) is 0 Å². The van der Waals surface area contributed by atoms with Gasteiger partial charge in [0.25, 0.3) is 21.8 Å².